The molecule has 1 aliphatic carbocycles. The van der Waals surface area contributed by atoms with E-state index in [1.807, 2.05) is 0 Å². The fourth-order valence-electron chi connectivity index (χ4n) is 9.19. The largest absolute Gasteiger partial charge is 0.321 e. The molecule has 246 valence electrons. The number of hydrogen-bond donors (Lipinski definition) is 3. The number of hydrazine groups is 1. The van der Waals surface area contributed by atoms with E-state index in [0.717, 1.165) is 21.7 Å². The molecule has 0 bridgehead atoms. The SMILES string of the molecule is Sc1c(-c2ccccc2)cc2c3c1c1ccccc1n3-c1ccccc1C21c2ccccc2-c2ccc(NNCc3ccc4ccccc4c3)cc21. The van der Waals surface area contributed by atoms with E-state index in [2.05, 4.69) is 185 Å². The first-order valence-electron chi connectivity index (χ1n) is 17.9. The number of benzene rings is 8. The third-order valence-corrected chi connectivity index (χ3v) is 11.8. The Hall–Kier alpha value is -6.07. The smallest absolute Gasteiger partial charge is 0.0755 e. The Balaban J connectivity index is 1.16. The van der Waals surface area contributed by atoms with Crippen molar-refractivity contribution in [2.45, 2.75) is 16.9 Å². The number of rotatable bonds is 5. The van der Waals surface area contributed by atoms with Crippen molar-refractivity contribution in [2.75, 3.05) is 5.43 Å². The van der Waals surface area contributed by atoms with Crippen LogP contribution in [0.4, 0.5) is 5.69 Å². The van der Waals surface area contributed by atoms with Crippen molar-refractivity contribution in [3.05, 3.63) is 198 Å². The Morgan fingerprint density at radius 2 is 1.27 bits per heavy atom. The van der Waals surface area contributed by atoms with Crippen LogP contribution in [0, 0.1) is 0 Å². The van der Waals surface area contributed by atoms with E-state index >= 15 is 0 Å². The van der Waals surface area contributed by atoms with Crippen LogP contribution in [0.2, 0.25) is 0 Å². The molecule has 0 saturated heterocycles. The minimum atomic E-state index is -0.563. The highest BCUT2D eigenvalue weighted by Gasteiger charge is 2.51. The van der Waals surface area contributed by atoms with Crippen molar-refractivity contribution >= 4 is 50.9 Å². The standard InChI is InChI=1S/C48H33N3S/c52-47-38(32-13-2-1-3-14-32)28-42-46-45(47)37-17-7-10-20-43(37)51(46)44-21-11-9-19-40(44)48(42)39-18-8-6-16-35(39)36-25-24-34(27-41(36)48)50-49-29-30-22-23-31-12-4-5-15-33(31)26-30/h1-28,49-50,52H,29H2. The van der Waals surface area contributed by atoms with E-state index in [1.165, 1.54) is 77.2 Å². The fraction of sp³-hybridized carbons (Fsp3) is 0.0417. The van der Waals surface area contributed by atoms with Gasteiger partial charge in [-0.15, -0.1) is 12.6 Å². The molecule has 9 aromatic rings. The molecule has 1 unspecified atom stereocenters. The van der Waals surface area contributed by atoms with Gasteiger partial charge in [0.15, 0.2) is 0 Å². The van der Waals surface area contributed by atoms with Crippen molar-refractivity contribution in [3.63, 3.8) is 0 Å². The summed E-state index contributed by atoms with van der Waals surface area (Å²) in [6.45, 7) is 0.695. The first-order chi connectivity index (χ1) is 25.7. The molecule has 52 heavy (non-hydrogen) atoms. The van der Waals surface area contributed by atoms with Crippen LogP contribution < -0.4 is 10.9 Å². The van der Waals surface area contributed by atoms with Gasteiger partial charge in [0.1, 0.15) is 0 Å². The molecule has 1 aromatic heterocycles. The molecule has 2 N–H and O–H groups in total. The second kappa shape index (κ2) is 11.2. The number of nitrogens with zero attached hydrogens (tertiary/aromatic N) is 1. The highest BCUT2D eigenvalue weighted by molar-refractivity contribution is 7.80. The van der Waals surface area contributed by atoms with Crippen molar-refractivity contribution < 1.29 is 0 Å². The lowest BCUT2D eigenvalue weighted by atomic mass is 9.65. The lowest BCUT2D eigenvalue weighted by Gasteiger charge is -2.40. The first kappa shape index (κ1) is 29.6. The molecule has 0 radical (unpaired) electrons. The quantitative estimate of drug-likeness (QED) is 0.124. The number of hydrogen-bond acceptors (Lipinski definition) is 3. The molecule has 3 nitrogen and oxygen atoms in total. The summed E-state index contributed by atoms with van der Waals surface area (Å²) in [6, 6.07) is 62.1. The third kappa shape index (κ3) is 4.02. The number of para-hydroxylation sites is 2. The summed E-state index contributed by atoms with van der Waals surface area (Å²) in [7, 11) is 0. The Kier molecular flexibility index (Phi) is 6.39. The molecule has 2 heterocycles. The van der Waals surface area contributed by atoms with Gasteiger partial charge in [0.25, 0.3) is 0 Å². The van der Waals surface area contributed by atoms with Crippen molar-refractivity contribution in [3.8, 4) is 27.9 Å². The van der Waals surface area contributed by atoms with Gasteiger partial charge in [-0.1, -0.05) is 133 Å². The Labute approximate surface area is 307 Å². The van der Waals surface area contributed by atoms with Crippen LogP contribution in [0.15, 0.2) is 175 Å². The minimum absolute atomic E-state index is 0.563. The zero-order valence-electron chi connectivity index (χ0n) is 28.3. The number of aromatic nitrogens is 1. The molecule has 11 rings (SSSR count). The number of anilines is 1. The van der Waals surface area contributed by atoms with Crippen molar-refractivity contribution in [1.29, 1.82) is 0 Å². The monoisotopic (exact) mass is 683 g/mol. The molecular formula is C48H33N3S. The van der Waals surface area contributed by atoms with Crippen LogP contribution >= 0.6 is 12.6 Å². The summed E-state index contributed by atoms with van der Waals surface area (Å²) in [5.41, 5.74) is 22.4. The van der Waals surface area contributed by atoms with Gasteiger partial charge in [-0.05, 0) is 97.2 Å². The molecule has 2 aliphatic rings. The zero-order valence-corrected chi connectivity index (χ0v) is 29.2. The van der Waals surface area contributed by atoms with Crippen LogP contribution in [0.25, 0.3) is 60.5 Å². The molecule has 4 heteroatoms. The van der Waals surface area contributed by atoms with Gasteiger partial charge in [0, 0.05) is 27.9 Å². The van der Waals surface area contributed by atoms with Crippen LogP contribution in [-0.2, 0) is 12.0 Å². The third-order valence-electron chi connectivity index (χ3n) is 11.3. The van der Waals surface area contributed by atoms with Crippen LogP contribution in [-0.4, -0.2) is 4.57 Å². The molecule has 0 amide bonds. The van der Waals surface area contributed by atoms with Crippen LogP contribution in [0.5, 0.6) is 0 Å². The second-order valence-electron chi connectivity index (χ2n) is 14.0. The first-order valence-corrected chi connectivity index (χ1v) is 18.3. The Morgan fingerprint density at radius 3 is 2.17 bits per heavy atom. The predicted octanol–water partition coefficient (Wildman–Crippen LogP) is 11.7. The summed E-state index contributed by atoms with van der Waals surface area (Å²) in [4.78, 5) is 1.01. The second-order valence-corrected chi connectivity index (χ2v) is 14.4. The van der Waals surface area contributed by atoms with E-state index in [9.17, 15) is 0 Å². The molecule has 1 aliphatic heterocycles. The topological polar surface area (TPSA) is 29.0 Å². The summed E-state index contributed by atoms with van der Waals surface area (Å²) >= 11 is 5.36. The lowest BCUT2D eigenvalue weighted by molar-refractivity contribution is 0.746. The van der Waals surface area contributed by atoms with Gasteiger partial charge in [0.2, 0.25) is 0 Å². The summed E-state index contributed by atoms with van der Waals surface area (Å²) in [5.74, 6) is 0. The normalized spacial score (nSPS) is 15.2. The molecular weight excluding hydrogens is 651 g/mol. The summed E-state index contributed by atoms with van der Waals surface area (Å²) < 4.78 is 2.49. The zero-order chi connectivity index (χ0) is 34.4. The molecule has 1 atom stereocenters. The van der Waals surface area contributed by atoms with E-state index < -0.39 is 5.41 Å². The number of thiol groups is 1. The summed E-state index contributed by atoms with van der Waals surface area (Å²) in [6.07, 6.45) is 0. The molecule has 1 spiro atoms. The van der Waals surface area contributed by atoms with Gasteiger partial charge < -0.3 is 9.99 Å². The highest BCUT2D eigenvalue weighted by atomic mass is 32.1. The Morgan fingerprint density at radius 1 is 0.538 bits per heavy atom. The van der Waals surface area contributed by atoms with Gasteiger partial charge >= 0.3 is 0 Å². The van der Waals surface area contributed by atoms with E-state index in [-0.39, 0.29) is 0 Å². The van der Waals surface area contributed by atoms with E-state index in [0.29, 0.717) is 6.54 Å². The van der Waals surface area contributed by atoms with Crippen LogP contribution in [0.3, 0.4) is 0 Å². The average molecular weight is 684 g/mol. The minimum Gasteiger partial charge on any atom is -0.321 e. The predicted molar refractivity (Wildman–Crippen MR) is 219 cm³/mol. The Bertz CT molecular complexity index is 2910. The van der Waals surface area contributed by atoms with Crippen molar-refractivity contribution in [1.82, 2.24) is 9.99 Å². The number of nitrogens with one attached hydrogen (secondary N) is 2. The van der Waals surface area contributed by atoms with Gasteiger partial charge in [-0.25, -0.2) is 5.43 Å². The lowest BCUT2D eigenvalue weighted by Crippen LogP contribution is -2.34. The number of fused-ring (bicyclic) bond motifs is 13. The maximum Gasteiger partial charge on any atom is 0.0755 e. The molecule has 0 saturated carbocycles. The van der Waals surface area contributed by atoms with Gasteiger partial charge in [-0.3, -0.25) is 0 Å². The van der Waals surface area contributed by atoms with Crippen molar-refractivity contribution in [2.24, 2.45) is 0 Å². The highest BCUT2D eigenvalue weighted by Crippen LogP contribution is 2.62. The maximum absolute atomic E-state index is 5.36. The van der Waals surface area contributed by atoms with E-state index in [1.54, 1.807) is 0 Å². The molecule has 0 fully saturated rings. The summed E-state index contributed by atoms with van der Waals surface area (Å²) in [5, 5.41) is 4.92. The van der Waals surface area contributed by atoms with E-state index in [4.69, 9.17) is 12.6 Å². The maximum atomic E-state index is 5.36. The van der Waals surface area contributed by atoms with Crippen LogP contribution in [0.1, 0.15) is 27.8 Å². The van der Waals surface area contributed by atoms with Gasteiger partial charge in [-0.2, -0.15) is 0 Å². The fourth-order valence-corrected chi connectivity index (χ4v) is 9.61. The average Bonchev–Trinajstić information content (AvgIpc) is 3.70. The van der Waals surface area contributed by atoms with Gasteiger partial charge in [0.05, 0.1) is 22.1 Å². The molecule has 8 aromatic carbocycles.